The molecule has 0 atom stereocenters. The van der Waals surface area contributed by atoms with Crippen LogP contribution in [0.5, 0.6) is 0 Å². The van der Waals surface area contributed by atoms with Gasteiger partial charge in [-0.05, 0) is 24.3 Å². The number of carbonyl (C=O) groups is 1. The molecular weight excluding hydrogens is 386 g/mol. The minimum absolute atomic E-state index is 0.100. The molecular formula is C22H19N3O3S. The van der Waals surface area contributed by atoms with E-state index in [0.717, 1.165) is 35.5 Å². The first kappa shape index (κ1) is 18.0. The Bertz CT molecular complexity index is 1220. The van der Waals surface area contributed by atoms with Gasteiger partial charge in [-0.2, -0.15) is 0 Å². The standard InChI is InChI=1S/C22H19N3O3S/c26-21(16-13-15-5-1-3-7-18(15)28-22(16)27)25-11-9-24(10-12-25)14-20-23-17-6-2-4-8-19(17)29-20/h1-8,13H,9-12,14H2. The molecule has 2 aromatic carbocycles. The zero-order chi connectivity index (χ0) is 19.8. The van der Waals surface area contributed by atoms with E-state index in [4.69, 9.17) is 9.40 Å². The normalized spacial score (nSPS) is 15.2. The smallest absolute Gasteiger partial charge is 0.349 e. The summed E-state index contributed by atoms with van der Waals surface area (Å²) in [6, 6.07) is 17.0. The molecule has 2 aromatic heterocycles. The summed E-state index contributed by atoms with van der Waals surface area (Å²) >= 11 is 1.71. The number of amides is 1. The van der Waals surface area contributed by atoms with Crippen LogP contribution in [0.1, 0.15) is 15.4 Å². The first-order valence-corrected chi connectivity index (χ1v) is 10.4. The van der Waals surface area contributed by atoms with Gasteiger partial charge in [0.05, 0.1) is 16.8 Å². The second kappa shape index (κ2) is 7.42. The van der Waals surface area contributed by atoms with Crippen molar-refractivity contribution in [2.24, 2.45) is 0 Å². The molecule has 146 valence electrons. The van der Waals surface area contributed by atoms with E-state index in [-0.39, 0.29) is 11.5 Å². The Morgan fingerprint density at radius 2 is 1.79 bits per heavy atom. The van der Waals surface area contributed by atoms with Crippen molar-refractivity contribution in [2.75, 3.05) is 26.2 Å². The molecule has 1 aliphatic heterocycles. The zero-order valence-corrected chi connectivity index (χ0v) is 16.5. The summed E-state index contributed by atoms with van der Waals surface area (Å²) in [6.45, 7) is 3.44. The Morgan fingerprint density at radius 1 is 1.03 bits per heavy atom. The van der Waals surface area contributed by atoms with Gasteiger partial charge < -0.3 is 9.32 Å². The maximum Gasteiger partial charge on any atom is 0.349 e. The third kappa shape index (κ3) is 3.54. The SMILES string of the molecule is O=C(c1cc2ccccc2oc1=O)N1CCN(Cc2nc3ccccc3s2)CC1. The monoisotopic (exact) mass is 405 g/mol. The Morgan fingerprint density at radius 3 is 2.62 bits per heavy atom. The summed E-state index contributed by atoms with van der Waals surface area (Å²) in [5.41, 5.74) is 1.05. The van der Waals surface area contributed by atoms with Gasteiger partial charge in [0.15, 0.2) is 0 Å². The lowest BCUT2D eigenvalue weighted by molar-refractivity contribution is 0.0624. The first-order chi connectivity index (χ1) is 14.2. The highest BCUT2D eigenvalue weighted by atomic mass is 32.1. The highest BCUT2D eigenvalue weighted by Gasteiger charge is 2.25. The molecule has 0 unspecified atom stereocenters. The van der Waals surface area contributed by atoms with Crippen molar-refractivity contribution in [2.45, 2.75) is 6.54 Å². The average Bonchev–Trinajstić information content (AvgIpc) is 3.15. The van der Waals surface area contributed by atoms with Crippen LogP contribution in [0.2, 0.25) is 0 Å². The molecule has 0 spiro atoms. The summed E-state index contributed by atoms with van der Waals surface area (Å²) in [5.74, 6) is -0.260. The topological polar surface area (TPSA) is 66.7 Å². The van der Waals surface area contributed by atoms with Crippen LogP contribution < -0.4 is 5.63 Å². The van der Waals surface area contributed by atoms with Crippen molar-refractivity contribution in [1.29, 1.82) is 0 Å². The van der Waals surface area contributed by atoms with Crippen LogP contribution in [0.15, 0.2) is 63.8 Å². The number of fused-ring (bicyclic) bond motifs is 2. The number of carbonyl (C=O) groups excluding carboxylic acids is 1. The van der Waals surface area contributed by atoms with Crippen LogP contribution in [-0.4, -0.2) is 46.9 Å². The minimum Gasteiger partial charge on any atom is -0.422 e. The molecule has 1 amide bonds. The summed E-state index contributed by atoms with van der Waals surface area (Å²) in [5, 5.41) is 1.84. The van der Waals surface area contributed by atoms with Crippen molar-refractivity contribution in [3.8, 4) is 0 Å². The lowest BCUT2D eigenvalue weighted by atomic mass is 10.1. The number of hydrogen-bond donors (Lipinski definition) is 0. The van der Waals surface area contributed by atoms with Crippen molar-refractivity contribution < 1.29 is 9.21 Å². The molecule has 7 heteroatoms. The summed E-state index contributed by atoms with van der Waals surface area (Å²) < 4.78 is 6.51. The second-order valence-corrected chi connectivity index (χ2v) is 8.24. The van der Waals surface area contributed by atoms with Crippen molar-refractivity contribution in [1.82, 2.24) is 14.8 Å². The molecule has 0 N–H and O–H groups in total. The average molecular weight is 405 g/mol. The van der Waals surface area contributed by atoms with Crippen LogP contribution in [-0.2, 0) is 6.54 Å². The van der Waals surface area contributed by atoms with Crippen LogP contribution >= 0.6 is 11.3 Å². The van der Waals surface area contributed by atoms with Crippen LogP contribution in [0, 0.1) is 0 Å². The summed E-state index contributed by atoms with van der Waals surface area (Å²) in [6.07, 6.45) is 0. The molecule has 4 aromatic rings. The molecule has 6 nitrogen and oxygen atoms in total. The maximum absolute atomic E-state index is 12.9. The molecule has 0 aliphatic carbocycles. The van der Waals surface area contributed by atoms with E-state index >= 15 is 0 Å². The lowest BCUT2D eigenvalue weighted by Crippen LogP contribution is -2.49. The van der Waals surface area contributed by atoms with E-state index in [0.29, 0.717) is 18.7 Å². The van der Waals surface area contributed by atoms with Gasteiger partial charge in [-0.15, -0.1) is 11.3 Å². The van der Waals surface area contributed by atoms with Gasteiger partial charge in [0, 0.05) is 31.6 Å². The predicted octanol–water partition coefficient (Wildman–Crippen LogP) is 3.36. The third-order valence-electron chi connectivity index (χ3n) is 5.23. The molecule has 1 fully saturated rings. The number of para-hydroxylation sites is 2. The van der Waals surface area contributed by atoms with E-state index in [1.165, 1.54) is 4.70 Å². The number of thiazole rings is 1. The maximum atomic E-state index is 12.9. The Hall–Kier alpha value is -3.03. The van der Waals surface area contributed by atoms with Crippen LogP contribution in [0.25, 0.3) is 21.2 Å². The molecule has 0 bridgehead atoms. The van der Waals surface area contributed by atoms with Gasteiger partial charge in [-0.25, -0.2) is 9.78 Å². The van der Waals surface area contributed by atoms with Crippen molar-refractivity contribution in [3.05, 3.63) is 75.6 Å². The molecule has 29 heavy (non-hydrogen) atoms. The lowest BCUT2D eigenvalue weighted by Gasteiger charge is -2.34. The number of benzene rings is 2. The molecule has 0 radical (unpaired) electrons. The van der Waals surface area contributed by atoms with Crippen molar-refractivity contribution >= 4 is 38.4 Å². The Labute approximate surface area is 171 Å². The predicted molar refractivity (Wildman–Crippen MR) is 113 cm³/mol. The summed E-state index contributed by atoms with van der Waals surface area (Å²) in [7, 11) is 0. The van der Waals surface area contributed by atoms with E-state index < -0.39 is 5.63 Å². The molecule has 3 heterocycles. The van der Waals surface area contributed by atoms with E-state index in [1.807, 2.05) is 30.3 Å². The third-order valence-corrected chi connectivity index (χ3v) is 6.25. The number of aromatic nitrogens is 1. The number of hydrogen-bond acceptors (Lipinski definition) is 6. The van der Waals surface area contributed by atoms with Gasteiger partial charge in [-0.1, -0.05) is 30.3 Å². The van der Waals surface area contributed by atoms with Crippen molar-refractivity contribution in [3.63, 3.8) is 0 Å². The fraction of sp³-hybridized carbons (Fsp3) is 0.227. The largest absolute Gasteiger partial charge is 0.422 e. The Balaban J connectivity index is 1.27. The zero-order valence-electron chi connectivity index (χ0n) is 15.7. The van der Waals surface area contributed by atoms with E-state index in [9.17, 15) is 9.59 Å². The first-order valence-electron chi connectivity index (χ1n) is 9.56. The van der Waals surface area contributed by atoms with Gasteiger partial charge in [-0.3, -0.25) is 9.69 Å². The van der Waals surface area contributed by atoms with Gasteiger partial charge in [0.2, 0.25) is 0 Å². The van der Waals surface area contributed by atoms with Crippen LogP contribution in [0.3, 0.4) is 0 Å². The highest BCUT2D eigenvalue weighted by Crippen LogP contribution is 2.23. The highest BCUT2D eigenvalue weighted by molar-refractivity contribution is 7.18. The fourth-order valence-electron chi connectivity index (χ4n) is 3.67. The Kier molecular flexibility index (Phi) is 4.61. The number of piperazine rings is 1. The van der Waals surface area contributed by atoms with Gasteiger partial charge in [0.25, 0.3) is 5.91 Å². The molecule has 5 rings (SSSR count). The molecule has 0 saturated carbocycles. The van der Waals surface area contributed by atoms with E-state index in [1.54, 1.807) is 34.4 Å². The second-order valence-electron chi connectivity index (χ2n) is 7.13. The minimum atomic E-state index is -0.578. The fourth-order valence-corrected chi connectivity index (χ4v) is 4.68. The quantitative estimate of drug-likeness (QED) is 0.489. The number of rotatable bonds is 3. The number of nitrogens with zero attached hydrogens (tertiary/aromatic N) is 3. The van der Waals surface area contributed by atoms with Gasteiger partial charge in [0.1, 0.15) is 16.2 Å². The van der Waals surface area contributed by atoms with Gasteiger partial charge >= 0.3 is 5.63 Å². The molecule has 1 saturated heterocycles. The molecule has 1 aliphatic rings. The summed E-state index contributed by atoms with van der Waals surface area (Å²) in [4.78, 5) is 33.9. The van der Waals surface area contributed by atoms with Crippen LogP contribution in [0.4, 0.5) is 0 Å². The van der Waals surface area contributed by atoms with E-state index in [2.05, 4.69) is 11.0 Å².